The minimum atomic E-state index is 0. The van der Waals surface area contributed by atoms with Crippen molar-refractivity contribution >= 4 is 157 Å². The van der Waals surface area contributed by atoms with Gasteiger partial charge in [-0.3, -0.25) is 0 Å². The van der Waals surface area contributed by atoms with Gasteiger partial charge in [-0.1, -0.05) is 290 Å². The molecule has 16 heteroatoms. The van der Waals surface area contributed by atoms with E-state index >= 15 is 0 Å². The largest absolute Gasteiger partial charge is 0.473 e. The number of aromatic nitrogens is 4. The van der Waals surface area contributed by atoms with Gasteiger partial charge in [0.25, 0.3) is 0 Å². The van der Waals surface area contributed by atoms with Crippen LogP contribution in [0.25, 0.3) is 100 Å². The molecule has 0 aliphatic carbocycles. The van der Waals surface area contributed by atoms with Gasteiger partial charge in [0.1, 0.15) is 11.5 Å². The zero-order valence-corrected chi connectivity index (χ0v) is 82.1. The van der Waals surface area contributed by atoms with Crippen molar-refractivity contribution in [3.8, 4) is 67.9 Å². The molecular weight excluding hydrogens is 1840 g/mol. The number of H-pyrrole nitrogens is 2. The number of aromatic amines is 2. The molecule has 0 bridgehead atoms. The summed E-state index contributed by atoms with van der Waals surface area (Å²) in [6.07, 6.45) is 1.47. The molecule has 4 aromatic heterocycles. The van der Waals surface area contributed by atoms with Gasteiger partial charge in [0, 0.05) is 145 Å². The third-order valence-corrected chi connectivity index (χ3v) is 25.4. The van der Waals surface area contributed by atoms with Gasteiger partial charge in [0.15, 0.2) is 13.1 Å². The van der Waals surface area contributed by atoms with E-state index in [9.17, 15) is 0 Å². The molecule has 19 aromatic carbocycles. The van der Waals surface area contributed by atoms with E-state index < -0.39 is 0 Å². The summed E-state index contributed by atoms with van der Waals surface area (Å²) in [7, 11) is 0. The molecule has 0 unspecified atom stereocenters. The lowest BCUT2D eigenvalue weighted by Gasteiger charge is -2.25. The maximum Gasteiger partial charge on any atom is 0.181 e. The van der Waals surface area contributed by atoms with E-state index in [1.54, 1.807) is 0 Å². The van der Waals surface area contributed by atoms with Gasteiger partial charge in [0.2, 0.25) is 0 Å². The number of benzene rings is 19. The zero-order valence-electron chi connectivity index (χ0n) is 80.5. The van der Waals surface area contributed by atoms with E-state index in [2.05, 4.69) is 466 Å². The van der Waals surface area contributed by atoms with Gasteiger partial charge in [0.05, 0.1) is 28.1 Å². The normalized spacial score (nSPS) is 10.7. The second kappa shape index (κ2) is 47.8. The van der Waals surface area contributed by atoms with Crippen LogP contribution in [0, 0.1) is 27.7 Å². The molecule has 0 aliphatic heterocycles. The van der Waals surface area contributed by atoms with E-state index in [4.69, 9.17) is 20.9 Å². The molecule has 0 saturated heterocycles. The molecule has 0 amide bonds. The Hall–Kier alpha value is -18.0. The van der Waals surface area contributed by atoms with Gasteiger partial charge in [-0.05, 0) is 315 Å². The molecule has 145 heavy (non-hydrogen) atoms. The quantitative estimate of drug-likeness (QED) is 0.0148. The number of nitrogens with two attached hydrogens (primary N) is 2. The first-order valence-corrected chi connectivity index (χ1v) is 48.3. The van der Waals surface area contributed by atoms with E-state index in [0.717, 1.165) is 168 Å². The van der Waals surface area contributed by atoms with Crippen LogP contribution in [0.1, 0.15) is 29.7 Å². The number of rotatable bonds is 22. The standard InChI is InChI=1S/C58H42N4.C22H22N2O2.C22H16N2.C18H14BrN.C8H12N2.CH4.2B/c1-7-19-43(20-8-1)55-39-45-41-58-46(42-57(45)61(55)53-35-31-51(32-36-53)59(47-23-11-3-12-24-47)48-25-13-4-14-26-48)40-56(44-21-9-2-10-22-44)62(58)54-37-33-52(34-38-54)60(49-27-15-5-16-28-49)50-29-17-6-18-30-50;1-17-13-22(24-16-26-20-11-7-4-8-12-20)18(2)14-21(17)23-15-25-19-9-5-3-6-10-19;1-3-7-15(8-4-1)19-11-17-13-22-18(14-21(17)23-19)12-20(24-22)16-9-5-2-6-10-16;19-15-11-13-18(14-12-15)20(16-7-3-1-4-8-16)17-9-5-2-6-10-17;1-5-3-8(10)6(2)4-7(5)9;;;/h1-42H;3-15,24H,16H2,1-2H3;1-14,23-24H;1-14H;3-4H,9-10H2,1-2H3;1H4;;. The van der Waals surface area contributed by atoms with Crippen LogP contribution in [0.2, 0.25) is 0 Å². The van der Waals surface area contributed by atoms with Crippen molar-refractivity contribution in [1.29, 1.82) is 0 Å². The second-order valence-electron chi connectivity index (χ2n) is 34.5. The number of hydrogen-bond donors (Lipinski definition) is 5. The average Bonchev–Trinajstić information content (AvgIpc) is 1.58. The first-order chi connectivity index (χ1) is 69.8. The van der Waals surface area contributed by atoms with E-state index in [1.165, 1.54) is 50.1 Å². The summed E-state index contributed by atoms with van der Waals surface area (Å²) in [6.45, 7) is 8.37. The van der Waals surface area contributed by atoms with Crippen molar-refractivity contribution in [2.75, 3.05) is 38.2 Å². The topological polar surface area (TPSA) is 146 Å². The average molecular weight is 1950 g/mol. The molecule has 23 rings (SSSR count). The van der Waals surface area contributed by atoms with Gasteiger partial charge in [-0.2, -0.15) is 0 Å². The highest BCUT2D eigenvalue weighted by Crippen LogP contribution is 2.44. The number of anilines is 12. The molecule has 23 aromatic rings. The summed E-state index contributed by atoms with van der Waals surface area (Å²) in [6, 6.07) is 177. The summed E-state index contributed by atoms with van der Waals surface area (Å²) in [5.74, 6) is 1.61. The van der Waals surface area contributed by atoms with Crippen LogP contribution in [-0.4, -0.2) is 49.1 Å². The zero-order chi connectivity index (χ0) is 96.9. The molecule has 6 radical (unpaired) electrons. The minimum Gasteiger partial charge on any atom is -0.473 e. The summed E-state index contributed by atoms with van der Waals surface area (Å²) < 4.78 is 17.1. The lowest BCUT2D eigenvalue weighted by Crippen LogP contribution is -2.09. The first-order valence-electron chi connectivity index (χ1n) is 47.5. The number of nitrogen functional groups attached to an aromatic ring is 2. The Balaban J connectivity index is 0.000000149. The number of fused-ring (bicyclic) bond motifs is 4. The van der Waals surface area contributed by atoms with Crippen molar-refractivity contribution in [3.63, 3.8) is 0 Å². The molecular formula is C129H110B2BrN11O2. The number of aliphatic imine (C=N–C) groups is 1. The lowest BCUT2D eigenvalue weighted by molar-refractivity contribution is 0.347. The highest BCUT2D eigenvalue weighted by molar-refractivity contribution is 9.10. The van der Waals surface area contributed by atoms with Crippen molar-refractivity contribution in [1.82, 2.24) is 19.1 Å². The van der Waals surface area contributed by atoms with Crippen LogP contribution in [0.3, 0.4) is 0 Å². The summed E-state index contributed by atoms with van der Waals surface area (Å²) in [5, 5.41) is 8.10. The molecule has 0 aliphatic rings. The molecule has 13 nitrogen and oxygen atoms in total. The predicted molar refractivity (Wildman–Crippen MR) is 620 cm³/mol. The monoisotopic (exact) mass is 1950 g/mol. The van der Waals surface area contributed by atoms with Crippen molar-refractivity contribution in [2.24, 2.45) is 4.99 Å². The number of nitrogens with zero attached hydrogens (tertiary/aromatic N) is 6. The summed E-state index contributed by atoms with van der Waals surface area (Å²) >= 11 is 3.49. The number of para-hydroxylation sites is 8. The third kappa shape index (κ3) is 24.0. The highest BCUT2D eigenvalue weighted by Gasteiger charge is 2.23. The highest BCUT2D eigenvalue weighted by atomic mass is 79.9. The molecule has 706 valence electrons. The lowest BCUT2D eigenvalue weighted by atomic mass is 10.1. The summed E-state index contributed by atoms with van der Waals surface area (Å²) in [5.41, 5.74) is 45.3. The second-order valence-corrected chi connectivity index (χ2v) is 35.5. The van der Waals surface area contributed by atoms with Crippen LogP contribution >= 0.6 is 15.9 Å². The maximum absolute atomic E-state index is 5.69. The Labute approximate surface area is 861 Å². The fraction of sp³-hybridized carbons (Fsp3) is 0.0465. The Bertz CT molecular complexity index is 7570. The molecule has 0 saturated carbocycles. The summed E-state index contributed by atoms with van der Waals surface area (Å²) in [4.78, 5) is 18.4. The van der Waals surface area contributed by atoms with Crippen LogP contribution in [0.15, 0.2) is 519 Å². The number of ether oxygens (including phenoxy) is 2. The van der Waals surface area contributed by atoms with Crippen molar-refractivity contribution in [2.45, 2.75) is 35.1 Å². The Morgan fingerprint density at radius 2 is 0.600 bits per heavy atom. The molecule has 7 N–H and O–H groups in total. The van der Waals surface area contributed by atoms with Crippen molar-refractivity contribution in [3.05, 3.63) is 536 Å². The Kier molecular flexibility index (Phi) is 33.0. The number of halogens is 1. The van der Waals surface area contributed by atoms with Gasteiger partial charge >= 0.3 is 0 Å². The van der Waals surface area contributed by atoms with Gasteiger partial charge in [-0.15, -0.1) is 0 Å². The molecule has 0 fully saturated rings. The molecule has 4 heterocycles. The van der Waals surface area contributed by atoms with Crippen LogP contribution in [-0.2, 0) is 0 Å². The predicted octanol–water partition coefficient (Wildman–Crippen LogP) is 34.6. The fourth-order valence-corrected chi connectivity index (χ4v) is 17.9. The number of hydrogen-bond acceptors (Lipinski definition) is 9. The number of aryl methyl sites for hydroxylation is 4. The smallest absolute Gasteiger partial charge is 0.181 e. The Morgan fingerprint density at radius 1 is 0.303 bits per heavy atom. The van der Waals surface area contributed by atoms with E-state index in [0.29, 0.717) is 6.73 Å². The molecule has 0 atom stereocenters. The van der Waals surface area contributed by atoms with E-state index in [1.807, 2.05) is 131 Å². The molecule has 0 spiro atoms. The fourth-order valence-electron chi connectivity index (χ4n) is 17.7. The Morgan fingerprint density at radius 3 is 0.938 bits per heavy atom. The van der Waals surface area contributed by atoms with Gasteiger partial charge < -0.3 is 60.1 Å². The van der Waals surface area contributed by atoms with Gasteiger partial charge in [-0.25, -0.2) is 4.99 Å². The van der Waals surface area contributed by atoms with Crippen LogP contribution in [0.4, 0.5) is 73.9 Å². The van der Waals surface area contributed by atoms with Crippen LogP contribution in [0.5, 0.6) is 11.5 Å². The van der Waals surface area contributed by atoms with Crippen molar-refractivity contribution < 1.29 is 9.47 Å². The maximum atomic E-state index is 5.69. The first kappa shape index (κ1) is 100. The SMILES string of the molecule is Brc1ccc(N(c2ccccc2)c2ccccc2)cc1.C.Cc1cc(N)c(C)cc1N.Cc1cc(NCOc2ccccc2)c(C)cc1N=COc1ccccc1.[B].[B].c1ccc(-c2cc3cc4[nH]c(-c5ccccc5)cc4cc3[nH]2)cc1.c1ccc(-c2cc3cc4c(cc(-c5ccccc5)n4-c4ccc(N(c5ccccc5)c5ccccc5)cc4)cc3n2-c2ccc(N(c3ccccc3)c3ccccc3)cc2)cc1. The minimum absolute atomic E-state index is 0. The van der Waals surface area contributed by atoms with Crippen LogP contribution < -0.4 is 41.0 Å². The number of nitrogens with one attached hydrogen (secondary N) is 3. The third-order valence-electron chi connectivity index (χ3n) is 24.9. The van der Waals surface area contributed by atoms with E-state index in [-0.39, 0.29) is 24.3 Å².